The number of hydrogen-bond donors (Lipinski definition) is 1. The molecule has 112 valence electrons. The molecule has 0 spiro atoms. The van der Waals surface area contributed by atoms with E-state index in [2.05, 4.69) is 5.92 Å². The Kier molecular flexibility index (Phi) is 4.30. The van der Waals surface area contributed by atoms with Crippen molar-refractivity contribution in [3.63, 3.8) is 0 Å². The molecule has 1 aromatic carbocycles. The molecule has 2 rings (SSSR count). The monoisotopic (exact) mass is 311 g/mol. The Labute approximate surface area is 122 Å². The quantitative estimate of drug-likeness (QED) is 0.809. The van der Waals surface area contributed by atoms with E-state index in [1.54, 1.807) is 0 Å². The third-order valence-electron chi connectivity index (χ3n) is 3.23. The summed E-state index contributed by atoms with van der Waals surface area (Å²) in [7, 11) is -3.93. The molecule has 1 aromatic rings. The van der Waals surface area contributed by atoms with Gasteiger partial charge in [-0.15, -0.1) is 6.42 Å². The molecule has 1 N–H and O–H groups in total. The molecule has 0 aliphatic heterocycles. The van der Waals surface area contributed by atoms with Gasteiger partial charge in [0.2, 0.25) is 10.0 Å². The summed E-state index contributed by atoms with van der Waals surface area (Å²) >= 11 is 0. The average Bonchev–Trinajstić information content (AvgIpc) is 3.22. The molecule has 0 atom stereocenters. The van der Waals surface area contributed by atoms with Crippen LogP contribution in [0.4, 0.5) is 4.39 Å². The van der Waals surface area contributed by atoms with Crippen LogP contribution in [-0.4, -0.2) is 36.9 Å². The third kappa shape index (κ3) is 3.40. The largest absolute Gasteiger partial charge is 0.478 e. The summed E-state index contributed by atoms with van der Waals surface area (Å²) in [5.74, 6) is 0.0689. The zero-order valence-electron chi connectivity index (χ0n) is 11.1. The maximum Gasteiger partial charge on any atom is 0.338 e. The van der Waals surface area contributed by atoms with Gasteiger partial charge in [-0.25, -0.2) is 17.6 Å². The molecule has 1 aliphatic carbocycles. The lowest BCUT2D eigenvalue weighted by atomic mass is 10.2. The first-order valence-corrected chi connectivity index (χ1v) is 7.76. The highest BCUT2D eigenvalue weighted by Gasteiger charge is 2.31. The van der Waals surface area contributed by atoms with Crippen LogP contribution >= 0.6 is 0 Å². The standard InChI is InChI=1S/C14H14FNO4S/c1-2-7-16(9-10-3-4-10)21(19,20)11-5-6-13(15)12(8-11)14(17)18/h1,5-6,8,10H,3-4,7,9H2,(H,17,18). The van der Waals surface area contributed by atoms with Crippen LogP contribution in [0.1, 0.15) is 23.2 Å². The Morgan fingerprint density at radius 2 is 2.14 bits per heavy atom. The number of carboxylic acid groups (broad SMARTS) is 1. The van der Waals surface area contributed by atoms with Crippen LogP contribution in [0.5, 0.6) is 0 Å². The zero-order valence-corrected chi connectivity index (χ0v) is 11.9. The molecule has 0 heterocycles. The molecule has 0 radical (unpaired) electrons. The van der Waals surface area contributed by atoms with Crippen molar-refractivity contribution in [3.8, 4) is 12.3 Å². The summed E-state index contributed by atoms with van der Waals surface area (Å²) in [5.41, 5.74) is -0.678. The minimum atomic E-state index is -3.93. The molecular formula is C14H14FNO4S. The molecule has 0 saturated heterocycles. The van der Waals surface area contributed by atoms with Crippen molar-refractivity contribution in [1.29, 1.82) is 0 Å². The summed E-state index contributed by atoms with van der Waals surface area (Å²) in [5, 5.41) is 8.87. The molecule has 0 aromatic heterocycles. The molecule has 0 bridgehead atoms. The molecule has 1 fully saturated rings. The van der Waals surface area contributed by atoms with E-state index in [0.29, 0.717) is 6.54 Å². The lowest BCUT2D eigenvalue weighted by molar-refractivity contribution is 0.0691. The van der Waals surface area contributed by atoms with Crippen LogP contribution in [0.15, 0.2) is 23.1 Å². The molecule has 0 unspecified atom stereocenters. The topological polar surface area (TPSA) is 74.7 Å². The van der Waals surface area contributed by atoms with Crippen LogP contribution in [-0.2, 0) is 10.0 Å². The van der Waals surface area contributed by atoms with Gasteiger partial charge in [-0.05, 0) is 37.0 Å². The van der Waals surface area contributed by atoms with E-state index < -0.39 is 27.4 Å². The van der Waals surface area contributed by atoms with Crippen molar-refractivity contribution >= 4 is 16.0 Å². The maximum absolute atomic E-state index is 13.4. The number of aromatic carboxylic acids is 1. The molecular weight excluding hydrogens is 297 g/mol. The Hall–Kier alpha value is -1.91. The summed E-state index contributed by atoms with van der Waals surface area (Å²) in [6.45, 7) is 0.199. The van der Waals surface area contributed by atoms with Gasteiger partial charge in [0.15, 0.2) is 0 Å². The summed E-state index contributed by atoms with van der Waals surface area (Å²) in [4.78, 5) is 10.6. The fourth-order valence-corrected chi connectivity index (χ4v) is 3.37. The van der Waals surface area contributed by atoms with Gasteiger partial charge in [-0.3, -0.25) is 0 Å². The van der Waals surface area contributed by atoms with Crippen molar-refractivity contribution in [2.75, 3.05) is 13.1 Å². The molecule has 21 heavy (non-hydrogen) atoms. The molecule has 5 nitrogen and oxygen atoms in total. The highest BCUT2D eigenvalue weighted by atomic mass is 32.2. The van der Waals surface area contributed by atoms with Crippen LogP contribution in [0.3, 0.4) is 0 Å². The molecule has 0 amide bonds. The number of carboxylic acids is 1. The number of nitrogens with zero attached hydrogens (tertiary/aromatic N) is 1. The lowest BCUT2D eigenvalue weighted by Gasteiger charge is -2.20. The second-order valence-corrected chi connectivity index (χ2v) is 6.83. The van der Waals surface area contributed by atoms with Gasteiger partial charge in [0.25, 0.3) is 0 Å². The minimum Gasteiger partial charge on any atom is -0.478 e. The number of terminal acetylenes is 1. The predicted molar refractivity (Wildman–Crippen MR) is 73.7 cm³/mol. The van der Waals surface area contributed by atoms with Crippen LogP contribution < -0.4 is 0 Å². The predicted octanol–water partition coefficient (Wildman–Crippen LogP) is 1.56. The lowest BCUT2D eigenvalue weighted by Crippen LogP contribution is -2.33. The van der Waals surface area contributed by atoms with E-state index in [4.69, 9.17) is 11.5 Å². The van der Waals surface area contributed by atoms with Gasteiger partial charge in [0, 0.05) is 6.54 Å². The number of benzene rings is 1. The number of carbonyl (C=O) groups is 1. The van der Waals surface area contributed by atoms with Gasteiger partial charge in [-0.1, -0.05) is 5.92 Å². The number of hydrogen-bond acceptors (Lipinski definition) is 3. The first-order chi connectivity index (χ1) is 9.86. The zero-order chi connectivity index (χ0) is 15.6. The van der Waals surface area contributed by atoms with Crippen molar-refractivity contribution in [2.45, 2.75) is 17.7 Å². The van der Waals surface area contributed by atoms with Gasteiger partial charge < -0.3 is 5.11 Å². The smallest absolute Gasteiger partial charge is 0.338 e. The summed E-state index contributed by atoms with van der Waals surface area (Å²) < 4.78 is 39.5. The van der Waals surface area contributed by atoms with E-state index in [0.717, 1.165) is 35.3 Å². The van der Waals surface area contributed by atoms with Crippen molar-refractivity contribution < 1.29 is 22.7 Å². The van der Waals surface area contributed by atoms with E-state index in [1.807, 2.05) is 0 Å². The van der Waals surface area contributed by atoms with E-state index in [-0.39, 0.29) is 17.4 Å². The first kappa shape index (κ1) is 15.5. The van der Waals surface area contributed by atoms with Crippen LogP contribution in [0.2, 0.25) is 0 Å². The van der Waals surface area contributed by atoms with Gasteiger partial charge in [0.05, 0.1) is 17.0 Å². The normalized spacial score (nSPS) is 14.9. The maximum atomic E-state index is 13.4. The Morgan fingerprint density at radius 3 is 2.67 bits per heavy atom. The molecule has 1 saturated carbocycles. The molecule has 7 heteroatoms. The Bertz CT molecular complexity index is 704. The van der Waals surface area contributed by atoms with Gasteiger partial charge in [0.1, 0.15) is 5.82 Å². The second-order valence-electron chi connectivity index (χ2n) is 4.89. The molecule has 1 aliphatic rings. The minimum absolute atomic E-state index is 0.0986. The SMILES string of the molecule is C#CCN(CC1CC1)S(=O)(=O)c1ccc(F)c(C(=O)O)c1. The fraction of sp³-hybridized carbons (Fsp3) is 0.357. The number of halogens is 1. The van der Waals surface area contributed by atoms with Gasteiger partial charge >= 0.3 is 5.97 Å². The average molecular weight is 311 g/mol. The number of sulfonamides is 1. The Balaban J connectivity index is 2.39. The van der Waals surface area contributed by atoms with Crippen LogP contribution in [0, 0.1) is 24.1 Å². The number of rotatable bonds is 6. The van der Waals surface area contributed by atoms with Crippen molar-refractivity contribution in [1.82, 2.24) is 4.31 Å². The summed E-state index contributed by atoms with van der Waals surface area (Å²) in [6, 6.07) is 2.71. The Morgan fingerprint density at radius 1 is 1.48 bits per heavy atom. The summed E-state index contributed by atoms with van der Waals surface area (Å²) in [6.07, 6.45) is 7.08. The second kappa shape index (κ2) is 5.84. The fourth-order valence-electron chi connectivity index (χ4n) is 1.92. The van der Waals surface area contributed by atoms with Crippen LogP contribution in [0.25, 0.3) is 0 Å². The van der Waals surface area contributed by atoms with E-state index in [9.17, 15) is 17.6 Å². The highest BCUT2D eigenvalue weighted by molar-refractivity contribution is 7.89. The first-order valence-electron chi connectivity index (χ1n) is 6.32. The van der Waals surface area contributed by atoms with Crippen molar-refractivity contribution in [3.05, 3.63) is 29.6 Å². The third-order valence-corrected chi connectivity index (χ3v) is 5.04. The van der Waals surface area contributed by atoms with E-state index >= 15 is 0 Å². The van der Waals surface area contributed by atoms with E-state index in [1.165, 1.54) is 0 Å². The van der Waals surface area contributed by atoms with Gasteiger partial charge in [-0.2, -0.15) is 4.31 Å². The van der Waals surface area contributed by atoms with Crippen molar-refractivity contribution in [2.24, 2.45) is 5.92 Å². The highest BCUT2D eigenvalue weighted by Crippen LogP contribution is 2.31.